The van der Waals surface area contributed by atoms with E-state index in [0.717, 1.165) is 11.6 Å². The Hall–Kier alpha value is -3.19. The maximum absolute atomic E-state index is 13.6. The zero-order valence-electron chi connectivity index (χ0n) is 13.9. The molecule has 0 amide bonds. The Morgan fingerprint density at radius 3 is 2.33 bits per heavy atom. The van der Waals surface area contributed by atoms with Gasteiger partial charge in [-0.15, -0.1) is 5.48 Å². The summed E-state index contributed by atoms with van der Waals surface area (Å²) in [6, 6.07) is 16.1. The van der Waals surface area contributed by atoms with Crippen LogP contribution in [0.25, 0.3) is 11.1 Å². The molecular formula is C20H14F3N3O. The van der Waals surface area contributed by atoms with Crippen molar-refractivity contribution in [2.45, 2.75) is 12.3 Å². The molecule has 27 heavy (non-hydrogen) atoms. The van der Waals surface area contributed by atoms with Crippen molar-refractivity contribution in [2.24, 2.45) is 4.99 Å². The van der Waals surface area contributed by atoms with Gasteiger partial charge in [0.2, 0.25) is 5.90 Å². The number of rotatable bonds is 3. The second-order valence-electron chi connectivity index (χ2n) is 5.96. The van der Waals surface area contributed by atoms with E-state index in [0.29, 0.717) is 5.56 Å². The van der Waals surface area contributed by atoms with Gasteiger partial charge in [-0.25, -0.2) is 4.99 Å². The molecule has 2 aromatic carbocycles. The van der Waals surface area contributed by atoms with Gasteiger partial charge in [0.15, 0.2) is 6.17 Å². The summed E-state index contributed by atoms with van der Waals surface area (Å²) in [5.41, 5.74) is 3.65. The molecule has 0 spiro atoms. The van der Waals surface area contributed by atoms with Crippen LogP contribution in [-0.4, -0.2) is 10.9 Å². The smallest absolute Gasteiger partial charge is 0.386 e. The molecule has 3 aromatic rings. The number of hydrogen-bond acceptors (Lipinski definition) is 4. The summed E-state index contributed by atoms with van der Waals surface area (Å²) in [4.78, 5) is 13.6. The quantitative estimate of drug-likeness (QED) is 0.725. The molecule has 1 atom stereocenters. The Morgan fingerprint density at radius 2 is 1.63 bits per heavy atom. The van der Waals surface area contributed by atoms with Crippen LogP contribution in [0.4, 0.5) is 13.2 Å². The van der Waals surface area contributed by atoms with Crippen LogP contribution < -0.4 is 5.48 Å². The molecule has 2 heterocycles. The molecule has 0 bridgehead atoms. The number of nitrogens with zero attached hydrogens (tertiary/aromatic N) is 2. The highest BCUT2D eigenvalue weighted by Gasteiger charge is 2.35. The van der Waals surface area contributed by atoms with E-state index in [1.54, 1.807) is 60.9 Å². The van der Waals surface area contributed by atoms with E-state index in [2.05, 4.69) is 15.5 Å². The first kappa shape index (κ1) is 17.2. The predicted octanol–water partition coefficient (Wildman–Crippen LogP) is 4.75. The monoisotopic (exact) mass is 369 g/mol. The third-order valence-electron chi connectivity index (χ3n) is 4.19. The number of aliphatic imine (C=N–C) groups is 1. The largest absolute Gasteiger partial charge is 0.417 e. The van der Waals surface area contributed by atoms with E-state index in [4.69, 9.17) is 4.84 Å². The Balaban J connectivity index is 1.73. The minimum atomic E-state index is -4.50. The zero-order chi connectivity index (χ0) is 18.9. The summed E-state index contributed by atoms with van der Waals surface area (Å²) in [5.74, 6) is 0.113. The van der Waals surface area contributed by atoms with E-state index in [-0.39, 0.29) is 17.0 Å². The molecule has 0 aliphatic carbocycles. The van der Waals surface area contributed by atoms with Gasteiger partial charge in [-0.2, -0.15) is 13.2 Å². The Bertz CT molecular complexity index is 973. The summed E-state index contributed by atoms with van der Waals surface area (Å²) in [6.07, 6.45) is -1.77. The van der Waals surface area contributed by atoms with Gasteiger partial charge in [-0.05, 0) is 41.0 Å². The minimum Gasteiger partial charge on any atom is -0.386 e. The van der Waals surface area contributed by atoms with Gasteiger partial charge in [0.25, 0.3) is 0 Å². The molecule has 0 fully saturated rings. The van der Waals surface area contributed by atoms with Crippen molar-refractivity contribution in [3.8, 4) is 11.1 Å². The van der Waals surface area contributed by atoms with Gasteiger partial charge in [-0.1, -0.05) is 36.4 Å². The fraction of sp³-hybridized carbons (Fsp3) is 0.100. The average Bonchev–Trinajstić information content (AvgIpc) is 3.18. The maximum Gasteiger partial charge on any atom is 0.417 e. The van der Waals surface area contributed by atoms with Crippen LogP contribution >= 0.6 is 0 Å². The van der Waals surface area contributed by atoms with Crippen molar-refractivity contribution in [1.29, 1.82) is 0 Å². The van der Waals surface area contributed by atoms with Crippen LogP contribution in [-0.2, 0) is 11.0 Å². The van der Waals surface area contributed by atoms with Crippen molar-refractivity contribution in [1.82, 2.24) is 10.5 Å². The minimum absolute atomic E-state index is 0.113. The molecule has 4 rings (SSSR count). The normalized spacial score (nSPS) is 16.7. The van der Waals surface area contributed by atoms with Crippen molar-refractivity contribution in [2.75, 3.05) is 0 Å². The third-order valence-corrected chi connectivity index (χ3v) is 4.19. The SMILES string of the molecule is FC(F)(F)c1cc(C2=NC(c3ccncc3)NO2)ccc1-c1ccccc1. The van der Waals surface area contributed by atoms with Crippen molar-refractivity contribution < 1.29 is 18.0 Å². The fourth-order valence-corrected chi connectivity index (χ4v) is 2.88. The molecular weight excluding hydrogens is 355 g/mol. The van der Waals surface area contributed by atoms with E-state index < -0.39 is 17.9 Å². The van der Waals surface area contributed by atoms with Crippen LogP contribution in [0.2, 0.25) is 0 Å². The van der Waals surface area contributed by atoms with Crippen LogP contribution in [0, 0.1) is 0 Å². The van der Waals surface area contributed by atoms with Gasteiger partial charge < -0.3 is 4.84 Å². The van der Waals surface area contributed by atoms with Gasteiger partial charge >= 0.3 is 6.18 Å². The Morgan fingerprint density at radius 1 is 0.889 bits per heavy atom. The van der Waals surface area contributed by atoms with E-state index >= 15 is 0 Å². The van der Waals surface area contributed by atoms with Crippen molar-refractivity contribution in [3.05, 3.63) is 89.7 Å². The second-order valence-corrected chi connectivity index (χ2v) is 5.96. The number of halogens is 3. The summed E-state index contributed by atoms with van der Waals surface area (Å²) in [5, 5.41) is 0. The third kappa shape index (κ3) is 3.54. The van der Waals surface area contributed by atoms with Gasteiger partial charge in [-0.3, -0.25) is 4.98 Å². The number of pyridine rings is 1. The molecule has 0 radical (unpaired) electrons. The van der Waals surface area contributed by atoms with E-state index in [1.807, 2.05) is 0 Å². The molecule has 1 N–H and O–H groups in total. The second kappa shape index (κ2) is 6.85. The highest BCUT2D eigenvalue weighted by molar-refractivity contribution is 5.95. The summed E-state index contributed by atoms with van der Waals surface area (Å²) in [7, 11) is 0. The molecule has 4 nitrogen and oxygen atoms in total. The first-order valence-electron chi connectivity index (χ1n) is 8.19. The molecule has 136 valence electrons. The summed E-state index contributed by atoms with van der Waals surface area (Å²) in [6.45, 7) is 0. The highest BCUT2D eigenvalue weighted by atomic mass is 19.4. The fourth-order valence-electron chi connectivity index (χ4n) is 2.88. The molecule has 1 aliphatic heterocycles. The lowest BCUT2D eigenvalue weighted by molar-refractivity contribution is -0.137. The zero-order valence-corrected chi connectivity index (χ0v) is 13.9. The molecule has 1 unspecified atom stereocenters. The van der Waals surface area contributed by atoms with Crippen LogP contribution in [0.15, 0.2) is 78.0 Å². The van der Waals surface area contributed by atoms with Crippen molar-refractivity contribution >= 4 is 5.90 Å². The lowest BCUT2D eigenvalue weighted by Crippen LogP contribution is -2.15. The number of hydrogen-bond donors (Lipinski definition) is 1. The number of nitrogens with one attached hydrogen (secondary N) is 1. The molecule has 1 aliphatic rings. The highest BCUT2D eigenvalue weighted by Crippen LogP contribution is 2.38. The number of aromatic nitrogens is 1. The van der Waals surface area contributed by atoms with E-state index in [9.17, 15) is 13.2 Å². The maximum atomic E-state index is 13.6. The van der Waals surface area contributed by atoms with Gasteiger partial charge in [0.1, 0.15) is 0 Å². The Kier molecular flexibility index (Phi) is 4.37. The van der Waals surface area contributed by atoms with Crippen LogP contribution in [0.5, 0.6) is 0 Å². The molecule has 0 saturated carbocycles. The lowest BCUT2D eigenvalue weighted by Gasteiger charge is -2.14. The standard InChI is InChI=1S/C20H14F3N3O/c21-20(22,23)17-12-15(6-7-16(17)13-4-2-1-3-5-13)19-25-18(26-27-19)14-8-10-24-11-9-14/h1-12,18,26H. The van der Waals surface area contributed by atoms with Crippen LogP contribution in [0.3, 0.4) is 0 Å². The number of benzene rings is 2. The summed E-state index contributed by atoms with van der Waals surface area (Å²) < 4.78 is 40.9. The predicted molar refractivity (Wildman–Crippen MR) is 94.6 cm³/mol. The van der Waals surface area contributed by atoms with Gasteiger partial charge in [0.05, 0.1) is 5.56 Å². The average molecular weight is 369 g/mol. The van der Waals surface area contributed by atoms with Gasteiger partial charge in [0, 0.05) is 18.0 Å². The topological polar surface area (TPSA) is 46.5 Å². The lowest BCUT2D eigenvalue weighted by atomic mass is 9.97. The number of hydroxylamine groups is 1. The molecule has 0 saturated heterocycles. The molecule has 1 aromatic heterocycles. The number of alkyl halides is 3. The van der Waals surface area contributed by atoms with Crippen molar-refractivity contribution in [3.63, 3.8) is 0 Å². The van der Waals surface area contributed by atoms with E-state index in [1.165, 1.54) is 6.07 Å². The molecule has 7 heteroatoms. The summed E-state index contributed by atoms with van der Waals surface area (Å²) >= 11 is 0. The Labute approximate surface area is 153 Å². The first-order chi connectivity index (χ1) is 13.0. The van der Waals surface area contributed by atoms with Crippen LogP contribution in [0.1, 0.15) is 22.9 Å². The first-order valence-corrected chi connectivity index (χ1v) is 8.19.